The summed E-state index contributed by atoms with van der Waals surface area (Å²) < 4.78 is 5.33. The summed E-state index contributed by atoms with van der Waals surface area (Å²) in [6.07, 6.45) is 1.16. The van der Waals surface area contributed by atoms with Gasteiger partial charge in [0.05, 0.1) is 0 Å². The number of likely N-dealkylation sites (tertiary alicyclic amines) is 1. The van der Waals surface area contributed by atoms with Crippen molar-refractivity contribution in [1.82, 2.24) is 10.2 Å². The zero-order valence-corrected chi connectivity index (χ0v) is 16.6. The van der Waals surface area contributed by atoms with Crippen LogP contribution in [-0.4, -0.2) is 46.8 Å². The SMILES string of the molecule is CC(C)(C)OC(=O)N[C@H]1CCCN([C@H](C(=O)O)c2ccc3ccccc3c2)C1. The van der Waals surface area contributed by atoms with Crippen LogP contribution >= 0.6 is 0 Å². The molecule has 0 aliphatic carbocycles. The highest BCUT2D eigenvalue weighted by Crippen LogP contribution is 2.28. The average Bonchev–Trinajstić information content (AvgIpc) is 2.60. The Balaban J connectivity index is 1.76. The number of nitrogens with one attached hydrogen (secondary N) is 1. The second-order valence-corrected chi connectivity index (χ2v) is 8.33. The largest absolute Gasteiger partial charge is 0.480 e. The number of fused-ring (bicyclic) bond motifs is 1. The van der Waals surface area contributed by atoms with E-state index < -0.39 is 23.7 Å². The molecular weight excluding hydrogens is 356 g/mol. The van der Waals surface area contributed by atoms with Crippen LogP contribution < -0.4 is 5.32 Å². The van der Waals surface area contributed by atoms with Gasteiger partial charge >= 0.3 is 12.1 Å². The number of benzene rings is 2. The summed E-state index contributed by atoms with van der Waals surface area (Å²) in [6, 6.07) is 12.8. The molecule has 6 nitrogen and oxygen atoms in total. The Labute approximate surface area is 165 Å². The summed E-state index contributed by atoms with van der Waals surface area (Å²) in [6.45, 7) is 6.61. The van der Waals surface area contributed by atoms with Gasteiger partial charge in [-0.15, -0.1) is 0 Å². The number of rotatable bonds is 4. The molecule has 1 aliphatic rings. The van der Waals surface area contributed by atoms with Gasteiger partial charge in [0.2, 0.25) is 0 Å². The van der Waals surface area contributed by atoms with E-state index in [4.69, 9.17) is 4.74 Å². The number of amides is 1. The van der Waals surface area contributed by atoms with Crippen LogP contribution in [0.4, 0.5) is 4.79 Å². The topological polar surface area (TPSA) is 78.9 Å². The van der Waals surface area contributed by atoms with Gasteiger partial charge in [0, 0.05) is 12.6 Å². The Kier molecular flexibility index (Phi) is 5.89. The van der Waals surface area contributed by atoms with Crippen molar-refractivity contribution in [2.75, 3.05) is 13.1 Å². The molecule has 0 bridgehead atoms. The van der Waals surface area contributed by atoms with E-state index in [0.717, 1.165) is 29.2 Å². The summed E-state index contributed by atoms with van der Waals surface area (Å²) in [5.41, 5.74) is 0.191. The number of hydrogen-bond acceptors (Lipinski definition) is 4. The van der Waals surface area contributed by atoms with Crippen molar-refractivity contribution in [3.8, 4) is 0 Å². The average molecular weight is 384 g/mol. The number of aliphatic carboxylic acids is 1. The van der Waals surface area contributed by atoms with E-state index in [1.807, 2.05) is 68.1 Å². The summed E-state index contributed by atoms with van der Waals surface area (Å²) in [7, 11) is 0. The molecule has 2 N–H and O–H groups in total. The maximum Gasteiger partial charge on any atom is 0.407 e. The monoisotopic (exact) mass is 384 g/mol. The van der Waals surface area contributed by atoms with Crippen molar-refractivity contribution >= 4 is 22.8 Å². The summed E-state index contributed by atoms with van der Waals surface area (Å²) in [5.74, 6) is -0.881. The molecule has 2 atom stereocenters. The van der Waals surface area contributed by atoms with Crippen LogP contribution in [0.25, 0.3) is 10.8 Å². The molecule has 1 fully saturated rings. The van der Waals surface area contributed by atoms with E-state index in [-0.39, 0.29) is 6.04 Å². The highest BCUT2D eigenvalue weighted by Gasteiger charge is 2.33. The molecule has 0 unspecified atom stereocenters. The maximum absolute atomic E-state index is 12.1. The lowest BCUT2D eigenvalue weighted by molar-refractivity contribution is -0.144. The summed E-state index contributed by atoms with van der Waals surface area (Å²) in [5, 5.41) is 14.9. The smallest absolute Gasteiger partial charge is 0.407 e. The minimum absolute atomic E-state index is 0.133. The van der Waals surface area contributed by atoms with Crippen molar-refractivity contribution in [1.29, 1.82) is 0 Å². The van der Waals surface area contributed by atoms with Crippen LogP contribution in [0.15, 0.2) is 42.5 Å². The third-order valence-electron chi connectivity index (χ3n) is 4.86. The number of carboxylic acids is 1. The van der Waals surface area contributed by atoms with Crippen molar-refractivity contribution in [3.63, 3.8) is 0 Å². The van der Waals surface area contributed by atoms with Gasteiger partial charge in [0.25, 0.3) is 0 Å². The van der Waals surface area contributed by atoms with Gasteiger partial charge in [-0.05, 0) is 62.6 Å². The third kappa shape index (κ3) is 5.01. The number of carbonyl (C=O) groups excluding carboxylic acids is 1. The van der Waals surface area contributed by atoms with E-state index >= 15 is 0 Å². The number of carboxylic acid groups (broad SMARTS) is 1. The van der Waals surface area contributed by atoms with E-state index in [9.17, 15) is 14.7 Å². The molecule has 0 radical (unpaired) electrons. The minimum atomic E-state index is -0.881. The second-order valence-electron chi connectivity index (χ2n) is 8.33. The molecule has 2 aromatic rings. The minimum Gasteiger partial charge on any atom is -0.480 e. The third-order valence-corrected chi connectivity index (χ3v) is 4.86. The van der Waals surface area contributed by atoms with Crippen LogP contribution in [0.2, 0.25) is 0 Å². The van der Waals surface area contributed by atoms with Gasteiger partial charge in [-0.1, -0.05) is 36.4 Å². The number of carbonyl (C=O) groups is 2. The van der Waals surface area contributed by atoms with Crippen molar-refractivity contribution in [3.05, 3.63) is 48.0 Å². The molecule has 150 valence electrons. The van der Waals surface area contributed by atoms with Crippen LogP contribution in [-0.2, 0) is 9.53 Å². The number of hydrogen-bond donors (Lipinski definition) is 2. The van der Waals surface area contributed by atoms with Crippen LogP contribution in [0.1, 0.15) is 45.2 Å². The Morgan fingerprint density at radius 3 is 2.57 bits per heavy atom. The molecule has 0 aromatic heterocycles. The molecule has 1 heterocycles. The predicted molar refractivity (Wildman–Crippen MR) is 108 cm³/mol. The first-order valence-corrected chi connectivity index (χ1v) is 9.68. The van der Waals surface area contributed by atoms with Crippen molar-refractivity contribution in [2.45, 2.75) is 51.3 Å². The maximum atomic E-state index is 12.1. The fraction of sp³-hybridized carbons (Fsp3) is 0.455. The molecule has 1 saturated heterocycles. The highest BCUT2D eigenvalue weighted by molar-refractivity contribution is 5.85. The Hall–Kier alpha value is -2.60. The van der Waals surface area contributed by atoms with Crippen LogP contribution in [0.3, 0.4) is 0 Å². The lowest BCUT2D eigenvalue weighted by atomic mass is 9.97. The standard InChI is InChI=1S/C22H28N2O4/c1-22(2,3)28-21(27)23-18-9-6-12-24(14-18)19(20(25)26)17-11-10-15-7-4-5-8-16(15)13-17/h4-5,7-8,10-11,13,18-19H,6,9,12,14H2,1-3H3,(H,23,27)(H,25,26)/t18-,19-/m0/s1. The van der Waals surface area contributed by atoms with Gasteiger partial charge in [0.1, 0.15) is 11.6 Å². The first-order valence-electron chi connectivity index (χ1n) is 9.68. The molecule has 28 heavy (non-hydrogen) atoms. The lowest BCUT2D eigenvalue weighted by Crippen LogP contribution is -2.50. The van der Waals surface area contributed by atoms with Gasteiger partial charge < -0.3 is 15.2 Å². The molecule has 1 aliphatic heterocycles. The zero-order chi connectivity index (χ0) is 20.3. The summed E-state index contributed by atoms with van der Waals surface area (Å²) >= 11 is 0. The van der Waals surface area contributed by atoms with Gasteiger partial charge in [-0.25, -0.2) is 4.79 Å². The normalized spacial score (nSPS) is 19.2. The molecule has 2 aromatic carbocycles. The van der Waals surface area contributed by atoms with Gasteiger partial charge in [0.15, 0.2) is 0 Å². The van der Waals surface area contributed by atoms with Crippen LogP contribution in [0, 0.1) is 0 Å². The Morgan fingerprint density at radius 1 is 1.18 bits per heavy atom. The van der Waals surface area contributed by atoms with E-state index in [1.54, 1.807) is 0 Å². The molecule has 0 saturated carbocycles. The number of nitrogens with zero attached hydrogens (tertiary/aromatic N) is 1. The van der Waals surface area contributed by atoms with Gasteiger partial charge in [-0.2, -0.15) is 0 Å². The van der Waals surface area contributed by atoms with E-state index in [2.05, 4.69) is 5.32 Å². The molecule has 6 heteroatoms. The predicted octanol–water partition coefficient (Wildman–Crippen LogP) is 3.95. The first-order chi connectivity index (χ1) is 13.2. The van der Waals surface area contributed by atoms with Crippen molar-refractivity contribution in [2.24, 2.45) is 0 Å². The molecule has 1 amide bonds. The number of piperidine rings is 1. The van der Waals surface area contributed by atoms with Gasteiger partial charge in [-0.3, -0.25) is 9.69 Å². The fourth-order valence-corrected chi connectivity index (χ4v) is 3.72. The molecule has 3 rings (SSSR count). The van der Waals surface area contributed by atoms with E-state index in [0.29, 0.717) is 13.1 Å². The lowest BCUT2D eigenvalue weighted by Gasteiger charge is -2.37. The fourth-order valence-electron chi connectivity index (χ4n) is 3.72. The number of alkyl carbamates (subject to hydrolysis) is 1. The first kappa shape index (κ1) is 20.1. The zero-order valence-electron chi connectivity index (χ0n) is 16.6. The molecule has 0 spiro atoms. The Bertz CT molecular complexity index is 859. The molecular formula is C22H28N2O4. The number of ether oxygens (including phenoxy) is 1. The second kappa shape index (κ2) is 8.19. The van der Waals surface area contributed by atoms with Crippen molar-refractivity contribution < 1.29 is 19.4 Å². The van der Waals surface area contributed by atoms with E-state index in [1.165, 1.54) is 0 Å². The highest BCUT2D eigenvalue weighted by atomic mass is 16.6. The Morgan fingerprint density at radius 2 is 1.89 bits per heavy atom. The van der Waals surface area contributed by atoms with Crippen LogP contribution in [0.5, 0.6) is 0 Å². The summed E-state index contributed by atoms with van der Waals surface area (Å²) in [4.78, 5) is 26.1. The quantitative estimate of drug-likeness (QED) is 0.834.